The molecule has 0 aliphatic carbocycles. The van der Waals surface area contributed by atoms with Crippen molar-refractivity contribution in [2.75, 3.05) is 52.2 Å². The van der Waals surface area contributed by atoms with Gasteiger partial charge in [0.2, 0.25) is 5.91 Å². The largest absolute Gasteiger partial charge is 0.468 e. The van der Waals surface area contributed by atoms with Crippen molar-refractivity contribution in [2.24, 2.45) is 0 Å². The number of fused-ring (bicyclic) bond motifs is 2. The number of aldehydes is 1. The minimum atomic E-state index is -1.88. The van der Waals surface area contributed by atoms with Crippen LogP contribution in [0.4, 0.5) is 9.59 Å². The van der Waals surface area contributed by atoms with E-state index >= 15 is 0 Å². The number of rotatable bonds is 25. The molecule has 0 saturated heterocycles. The highest BCUT2D eigenvalue weighted by Gasteiger charge is 2.47. The lowest BCUT2D eigenvalue weighted by Gasteiger charge is -2.31. The molecule has 2 N–H and O–H groups in total. The van der Waals surface area contributed by atoms with E-state index in [4.69, 9.17) is 18.9 Å². The Hall–Kier alpha value is -8.61. The van der Waals surface area contributed by atoms with Gasteiger partial charge in [-0.15, -0.1) is 0 Å². The Morgan fingerprint density at radius 2 is 0.866 bits per heavy atom. The van der Waals surface area contributed by atoms with E-state index in [-0.39, 0.29) is 73.5 Å². The SMILES string of the molecule is CNC(=O)[C@H](Cc1ccccc1)NCCN(C[C@@H](C(=O)OC[Si](C)(C)C)N1C(=O)c2ccccc2C1=O)C(=O)OCc1ccccc1.C[Si](C)(C)COC(=O)[C@H](CN(CC=O)C(=O)OCc1ccccc1)N1C(=O)c2ccccc2C1=O. The van der Waals surface area contributed by atoms with E-state index in [1.165, 1.54) is 29.2 Å². The molecule has 0 fully saturated rings. The highest BCUT2D eigenvalue weighted by Crippen LogP contribution is 2.28. The molecular formula is C60H70N6O14Si2. The van der Waals surface area contributed by atoms with Crippen molar-refractivity contribution >= 4 is 76.1 Å². The summed E-state index contributed by atoms with van der Waals surface area (Å²) in [5, 5.41) is 5.87. The summed E-state index contributed by atoms with van der Waals surface area (Å²) in [6.07, 6.45) is -0.400. The monoisotopic (exact) mass is 1150 g/mol. The summed E-state index contributed by atoms with van der Waals surface area (Å²) in [7, 11) is -2.15. The fourth-order valence-corrected chi connectivity index (χ4v) is 9.69. The van der Waals surface area contributed by atoms with Crippen LogP contribution in [-0.4, -0.2) is 166 Å². The number of carbonyl (C=O) groups is 10. The van der Waals surface area contributed by atoms with E-state index in [1.807, 2.05) is 106 Å². The number of esters is 2. The van der Waals surface area contributed by atoms with E-state index < -0.39 is 95.1 Å². The van der Waals surface area contributed by atoms with E-state index in [0.29, 0.717) is 12.7 Å². The van der Waals surface area contributed by atoms with Gasteiger partial charge in [0.25, 0.3) is 23.6 Å². The normalized spacial score (nSPS) is 13.8. The second-order valence-electron chi connectivity index (χ2n) is 21.8. The Kier molecular flexibility index (Phi) is 22.3. The number of hydrogen-bond donors (Lipinski definition) is 2. The predicted octanol–water partition coefficient (Wildman–Crippen LogP) is 6.57. The van der Waals surface area contributed by atoms with Gasteiger partial charge in [0.05, 0.1) is 76.5 Å². The van der Waals surface area contributed by atoms with Gasteiger partial charge in [-0.1, -0.05) is 155 Å². The third-order valence-corrected chi connectivity index (χ3v) is 14.8. The summed E-state index contributed by atoms with van der Waals surface area (Å²) in [4.78, 5) is 134. The molecule has 0 radical (unpaired) electrons. The average Bonchev–Trinajstić information content (AvgIpc) is 3.96. The molecular weight excluding hydrogens is 1080 g/mol. The highest BCUT2D eigenvalue weighted by molar-refractivity contribution is 6.76. The number of nitrogens with zero attached hydrogens (tertiary/aromatic N) is 4. The molecule has 0 saturated carbocycles. The minimum Gasteiger partial charge on any atom is -0.468 e. The van der Waals surface area contributed by atoms with Crippen LogP contribution in [0.1, 0.15) is 58.1 Å². The van der Waals surface area contributed by atoms with Crippen LogP contribution < -0.4 is 10.6 Å². The zero-order valence-corrected chi connectivity index (χ0v) is 49.2. The maximum absolute atomic E-state index is 13.7. The topological polar surface area (TPSA) is 245 Å². The van der Waals surface area contributed by atoms with Crippen molar-refractivity contribution in [3.8, 4) is 0 Å². The average molecular weight is 1160 g/mol. The molecule has 5 aromatic rings. The van der Waals surface area contributed by atoms with Crippen LogP contribution in [0.3, 0.4) is 0 Å². The smallest absolute Gasteiger partial charge is 0.410 e. The number of nitrogens with one attached hydrogen (secondary N) is 2. The van der Waals surface area contributed by atoms with E-state index in [9.17, 15) is 47.9 Å². The Balaban J connectivity index is 0.000000275. The molecule has 2 heterocycles. The first-order valence-corrected chi connectivity index (χ1v) is 34.1. The van der Waals surface area contributed by atoms with Gasteiger partial charge < -0.3 is 39.3 Å². The predicted molar refractivity (Wildman–Crippen MR) is 309 cm³/mol. The van der Waals surface area contributed by atoms with Crippen LogP contribution in [-0.2, 0) is 57.8 Å². The first-order valence-electron chi connectivity index (χ1n) is 26.7. The van der Waals surface area contributed by atoms with E-state index in [1.54, 1.807) is 55.6 Å². The first kappa shape index (κ1) is 62.6. The third kappa shape index (κ3) is 17.4. The number of hydrogen-bond acceptors (Lipinski definition) is 15. The van der Waals surface area contributed by atoms with Gasteiger partial charge in [0.1, 0.15) is 19.5 Å². The summed E-state index contributed by atoms with van der Waals surface area (Å²) < 4.78 is 22.1. The van der Waals surface area contributed by atoms with Gasteiger partial charge >= 0.3 is 24.1 Å². The highest BCUT2D eigenvalue weighted by atomic mass is 28.3. The Bertz CT molecular complexity index is 3010. The second kappa shape index (κ2) is 29.2. The minimum absolute atomic E-state index is 0.00310. The summed E-state index contributed by atoms with van der Waals surface area (Å²) in [6, 6.07) is 36.7. The molecule has 0 bridgehead atoms. The zero-order valence-electron chi connectivity index (χ0n) is 47.2. The molecule has 7 rings (SSSR count). The number of carbonyl (C=O) groups excluding carboxylic acids is 10. The van der Waals surface area contributed by atoms with Gasteiger partial charge in [0.15, 0.2) is 12.1 Å². The summed E-state index contributed by atoms with van der Waals surface area (Å²) in [5.41, 5.74) is 3.11. The Morgan fingerprint density at radius 3 is 1.23 bits per heavy atom. The molecule has 0 aromatic heterocycles. The van der Waals surface area contributed by atoms with Gasteiger partial charge in [0, 0.05) is 20.1 Å². The van der Waals surface area contributed by atoms with E-state index in [2.05, 4.69) is 10.6 Å². The van der Waals surface area contributed by atoms with Crippen LogP contribution in [0.2, 0.25) is 39.3 Å². The van der Waals surface area contributed by atoms with Gasteiger partial charge in [-0.05, 0) is 47.4 Å². The maximum Gasteiger partial charge on any atom is 0.410 e. The van der Waals surface area contributed by atoms with Crippen molar-refractivity contribution in [1.29, 1.82) is 0 Å². The van der Waals surface area contributed by atoms with Crippen LogP contribution in [0, 0.1) is 0 Å². The second-order valence-corrected chi connectivity index (χ2v) is 32.6. The van der Waals surface area contributed by atoms with Gasteiger partial charge in [-0.25, -0.2) is 19.2 Å². The number of likely N-dealkylation sites (N-methyl/N-ethyl adjacent to an activating group) is 1. The van der Waals surface area contributed by atoms with Crippen molar-refractivity contribution in [3.05, 3.63) is 178 Å². The molecule has 0 spiro atoms. The fourth-order valence-electron chi connectivity index (χ4n) is 8.54. The van der Waals surface area contributed by atoms with Crippen molar-refractivity contribution in [2.45, 2.75) is 77.0 Å². The zero-order chi connectivity index (χ0) is 59.6. The fraction of sp³-hybridized carbons (Fsp3) is 0.333. The molecule has 22 heteroatoms. The molecule has 20 nitrogen and oxygen atoms in total. The Morgan fingerprint density at radius 1 is 0.512 bits per heavy atom. The molecule has 3 atom stereocenters. The Labute approximate surface area is 479 Å². The number of ether oxygens (including phenoxy) is 4. The number of imide groups is 2. The third-order valence-electron chi connectivity index (χ3n) is 12.7. The summed E-state index contributed by atoms with van der Waals surface area (Å²) >= 11 is 0. The molecule has 5 aromatic carbocycles. The first-order chi connectivity index (χ1) is 39.1. The van der Waals surface area contributed by atoms with Gasteiger partial charge in [-0.2, -0.15) is 0 Å². The van der Waals surface area contributed by atoms with Crippen molar-refractivity contribution in [1.82, 2.24) is 30.2 Å². The van der Waals surface area contributed by atoms with Crippen molar-refractivity contribution < 1.29 is 66.9 Å². The van der Waals surface area contributed by atoms with E-state index in [0.717, 1.165) is 31.4 Å². The standard InChI is InChI=1S/C35H42N4O7Si.C25H28N2O7Si/c1-36-31(40)29(21-25-13-7-5-8-14-25)37-19-20-38(35(44)45-23-26-15-9-6-10-16-26)22-30(34(43)46-24-47(2,3)4)39-32(41)27-17-11-12-18-28(27)33(39)42;1-35(2,3)17-34-24(31)21(27-22(29)19-11-7-8-12-20(19)23(27)30)15-26(13-14-28)25(32)33-16-18-9-5-4-6-10-18/h5-18,29-30,37H,19-24H2,1-4H3,(H,36,40);4-12,14,21H,13,15-17H2,1-3H3/t29-,30-;21-/m00/s1. The lowest BCUT2D eigenvalue weighted by molar-refractivity contribution is -0.147. The van der Waals surface area contributed by atoms with Crippen LogP contribution in [0.25, 0.3) is 0 Å². The molecule has 7 amide bonds. The molecule has 2 aliphatic heterocycles. The van der Waals surface area contributed by atoms with Crippen LogP contribution in [0.5, 0.6) is 0 Å². The molecule has 0 unspecified atom stereocenters. The van der Waals surface area contributed by atoms with Crippen LogP contribution in [0.15, 0.2) is 140 Å². The summed E-state index contributed by atoms with van der Waals surface area (Å²) in [6.45, 7) is 10.9. The number of amides is 7. The molecule has 432 valence electrons. The van der Waals surface area contributed by atoms with Gasteiger partial charge in [-0.3, -0.25) is 38.7 Å². The van der Waals surface area contributed by atoms with Crippen LogP contribution >= 0.6 is 0 Å². The molecule has 2 aliphatic rings. The quantitative estimate of drug-likeness (QED) is 0.0206. The number of benzene rings is 5. The summed E-state index contributed by atoms with van der Waals surface area (Å²) in [5.74, 6) is -4.45. The molecule has 82 heavy (non-hydrogen) atoms. The lowest BCUT2D eigenvalue weighted by Crippen LogP contribution is -2.55. The maximum atomic E-state index is 13.7. The van der Waals surface area contributed by atoms with Crippen molar-refractivity contribution in [3.63, 3.8) is 0 Å². The lowest BCUT2D eigenvalue weighted by atomic mass is 10.1.